The van der Waals surface area contributed by atoms with Crippen LogP contribution in [-0.4, -0.2) is 30.6 Å². The minimum Gasteiger partial charge on any atom is -0.493 e. The van der Waals surface area contributed by atoms with Gasteiger partial charge in [0.1, 0.15) is 5.82 Å². The van der Waals surface area contributed by atoms with E-state index in [4.69, 9.17) is 9.47 Å². The predicted octanol–water partition coefficient (Wildman–Crippen LogP) is 3.79. The van der Waals surface area contributed by atoms with E-state index < -0.39 is 0 Å². The van der Waals surface area contributed by atoms with Gasteiger partial charge in [0.2, 0.25) is 5.91 Å². The van der Waals surface area contributed by atoms with Crippen LogP contribution in [0.2, 0.25) is 0 Å². The summed E-state index contributed by atoms with van der Waals surface area (Å²) >= 11 is 0. The lowest BCUT2D eigenvalue weighted by atomic mass is 10.2. The second-order valence-corrected chi connectivity index (χ2v) is 6.09. The summed E-state index contributed by atoms with van der Waals surface area (Å²) in [6.45, 7) is 0.574. The second-order valence-electron chi connectivity index (χ2n) is 6.09. The maximum Gasteiger partial charge on any atom is 0.226 e. The van der Waals surface area contributed by atoms with Crippen molar-refractivity contribution in [2.75, 3.05) is 13.7 Å². The van der Waals surface area contributed by atoms with Crippen molar-refractivity contribution in [1.29, 1.82) is 0 Å². The van der Waals surface area contributed by atoms with Crippen LogP contribution >= 0.6 is 0 Å². The van der Waals surface area contributed by atoms with Crippen LogP contribution in [0.3, 0.4) is 0 Å². The van der Waals surface area contributed by atoms with Crippen LogP contribution in [0.15, 0.2) is 48.5 Å². The van der Waals surface area contributed by atoms with E-state index in [1.807, 2.05) is 18.2 Å². The first-order chi connectivity index (χ1) is 12.2. The van der Waals surface area contributed by atoms with Crippen molar-refractivity contribution < 1.29 is 18.7 Å². The van der Waals surface area contributed by atoms with Crippen LogP contribution in [0.1, 0.15) is 24.8 Å². The average molecular weight is 343 g/mol. The Labute approximate surface area is 147 Å². The average Bonchev–Trinajstić information content (AvgIpc) is 3.46. The fourth-order valence-corrected chi connectivity index (χ4v) is 2.75. The molecule has 2 aromatic rings. The molecule has 5 heteroatoms. The number of para-hydroxylation sites is 2. The molecule has 0 bridgehead atoms. The third kappa shape index (κ3) is 4.50. The van der Waals surface area contributed by atoms with Gasteiger partial charge in [0.25, 0.3) is 0 Å². The highest BCUT2D eigenvalue weighted by molar-refractivity contribution is 5.77. The van der Waals surface area contributed by atoms with Gasteiger partial charge in [0, 0.05) is 18.2 Å². The van der Waals surface area contributed by atoms with Crippen molar-refractivity contribution in [3.05, 3.63) is 59.9 Å². The number of halogens is 1. The lowest BCUT2D eigenvalue weighted by Crippen LogP contribution is -2.33. The summed E-state index contributed by atoms with van der Waals surface area (Å²) < 4.78 is 24.8. The number of methoxy groups -OCH3 is 1. The lowest BCUT2D eigenvalue weighted by Gasteiger charge is -2.23. The van der Waals surface area contributed by atoms with Crippen molar-refractivity contribution in [2.24, 2.45) is 0 Å². The SMILES string of the molecule is COc1ccccc1OCCC(=O)N(Cc1ccccc1F)C1CC1. The van der Waals surface area contributed by atoms with E-state index >= 15 is 0 Å². The molecule has 0 saturated heterocycles. The zero-order valence-electron chi connectivity index (χ0n) is 14.3. The summed E-state index contributed by atoms with van der Waals surface area (Å²) in [4.78, 5) is 14.3. The zero-order valence-corrected chi connectivity index (χ0v) is 14.3. The maximum atomic E-state index is 13.9. The van der Waals surface area contributed by atoms with E-state index in [0.29, 0.717) is 23.6 Å². The van der Waals surface area contributed by atoms with Gasteiger partial charge < -0.3 is 14.4 Å². The fourth-order valence-electron chi connectivity index (χ4n) is 2.75. The Morgan fingerprint density at radius 2 is 1.80 bits per heavy atom. The molecule has 0 aromatic heterocycles. The van der Waals surface area contributed by atoms with Crippen molar-refractivity contribution in [3.8, 4) is 11.5 Å². The topological polar surface area (TPSA) is 38.8 Å². The molecular weight excluding hydrogens is 321 g/mol. The summed E-state index contributed by atoms with van der Waals surface area (Å²) in [5.41, 5.74) is 0.549. The van der Waals surface area contributed by atoms with Gasteiger partial charge in [0.15, 0.2) is 11.5 Å². The number of benzene rings is 2. The van der Waals surface area contributed by atoms with E-state index in [-0.39, 0.29) is 30.8 Å². The molecule has 3 rings (SSSR count). The molecular formula is C20H22FNO3. The first-order valence-electron chi connectivity index (χ1n) is 8.47. The summed E-state index contributed by atoms with van der Waals surface area (Å²) in [7, 11) is 1.58. The molecule has 1 aliphatic rings. The third-order valence-corrected chi connectivity index (χ3v) is 4.25. The van der Waals surface area contributed by atoms with Crippen LogP contribution in [0.4, 0.5) is 4.39 Å². The van der Waals surface area contributed by atoms with Crippen LogP contribution in [0.25, 0.3) is 0 Å². The Hall–Kier alpha value is -2.56. The van der Waals surface area contributed by atoms with Gasteiger partial charge in [-0.15, -0.1) is 0 Å². The van der Waals surface area contributed by atoms with Crippen molar-refractivity contribution in [3.63, 3.8) is 0 Å². The summed E-state index contributed by atoms with van der Waals surface area (Å²) in [6.07, 6.45) is 2.21. The standard InChI is InChI=1S/C20H22FNO3/c1-24-18-8-4-5-9-19(18)25-13-12-20(23)22(16-10-11-16)14-15-6-2-3-7-17(15)21/h2-9,16H,10-14H2,1H3. The predicted molar refractivity (Wildman–Crippen MR) is 93.1 cm³/mol. The zero-order chi connectivity index (χ0) is 17.6. The van der Waals surface area contributed by atoms with Crippen LogP contribution in [-0.2, 0) is 11.3 Å². The molecule has 0 aliphatic heterocycles. The van der Waals surface area contributed by atoms with E-state index in [1.54, 1.807) is 36.3 Å². The minimum absolute atomic E-state index is 0.0133. The maximum absolute atomic E-state index is 13.9. The highest BCUT2D eigenvalue weighted by Gasteiger charge is 2.32. The molecule has 0 heterocycles. The minimum atomic E-state index is -0.272. The first-order valence-corrected chi connectivity index (χ1v) is 8.47. The van der Waals surface area contributed by atoms with Crippen molar-refractivity contribution >= 4 is 5.91 Å². The number of hydrogen-bond donors (Lipinski definition) is 0. The van der Waals surface area contributed by atoms with Crippen molar-refractivity contribution in [2.45, 2.75) is 31.8 Å². The summed E-state index contributed by atoms with van der Waals surface area (Å²) in [5.74, 6) is 0.970. The van der Waals surface area contributed by atoms with E-state index in [0.717, 1.165) is 12.8 Å². The number of ether oxygens (including phenoxy) is 2. The smallest absolute Gasteiger partial charge is 0.226 e. The molecule has 1 aliphatic carbocycles. The number of nitrogens with zero attached hydrogens (tertiary/aromatic N) is 1. The molecule has 0 N–H and O–H groups in total. The molecule has 2 aromatic carbocycles. The van der Waals surface area contributed by atoms with Gasteiger partial charge in [-0.3, -0.25) is 4.79 Å². The molecule has 0 radical (unpaired) electrons. The van der Waals surface area contributed by atoms with E-state index in [2.05, 4.69) is 0 Å². The molecule has 1 amide bonds. The Balaban J connectivity index is 1.57. The largest absolute Gasteiger partial charge is 0.493 e. The number of hydrogen-bond acceptors (Lipinski definition) is 3. The van der Waals surface area contributed by atoms with Gasteiger partial charge in [-0.05, 0) is 31.0 Å². The Morgan fingerprint density at radius 1 is 1.12 bits per heavy atom. The van der Waals surface area contributed by atoms with Crippen LogP contribution in [0, 0.1) is 5.82 Å². The third-order valence-electron chi connectivity index (χ3n) is 4.25. The lowest BCUT2D eigenvalue weighted by molar-refractivity contribution is -0.133. The quantitative estimate of drug-likeness (QED) is 0.732. The molecule has 0 atom stereocenters. The van der Waals surface area contributed by atoms with Gasteiger partial charge >= 0.3 is 0 Å². The van der Waals surface area contributed by atoms with E-state index in [9.17, 15) is 9.18 Å². The Morgan fingerprint density at radius 3 is 2.48 bits per heavy atom. The highest BCUT2D eigenvalue weighted by Crippen LogP contribution is 2.30. The monoisotopic (exact) mass is 343 g/mol. The van der Waals surface area contributed by atoms with Gasteiger partial charge in [-0.1, -0.05) is 30.3 Å². The van der Waals surface area contributed by atoms with Gasteiger partial charge in [-0.2, -0.15) is 0 Å². The fraction of sp³-hybridized carbons (Fsp3) is 0.350. The molecule has 4 nitrogen and oxygen atoms in total. The van der Waals surface area contributed by atoms with Crippen LogP contribution < -0.4 is 9.47 Å². The van der Waals surface area contributed by atoms with Gasteiger partial charge in [0.05, 0.1) is 20.1 Å². The summed E-state index contributed by atoms with van der Waals surface area (Å²) in [6, 6.07) is 14.2. The van der Waals surface area contributed by atoms with E-state index in [1.165, 1.54) is 6.07 Å². The molecule has 0 spiro atoms. The Kier molecular flexibility index (Phi) is 5.53. The van der Waals surface area contributed by atoms with Gasteiger partial charge in [-0.25, -0.2) is 4.39 Å². The molecule has 25 heavy (non-hydrogen) atoms. The molecule has 0 unspecified atom stereocenters. The Bertz CT molecular complexity index is 730. The highest BCUT2D eigenvalue weighted by atomic mass is 19.1. The molecule has 132 valence electrons. The number of carbonyl (C=O) groups is 1. The summed E-state index contributed by atoms with van der Waals surface area (Å²) in [5, 5.41) is 0. The van der Waals surface area contributed by atoms with Crippen LogP contribution in [0.5, 0.6) is 11.5 Å². The number of rotatable bonds is 8. The first kappa shape index (κ1) is 17.3. The van der Waals surface area contributed by atoms with Crippen molar-refractivity contribution in [1.82, 2.24) is 4.90 Å². The molecule has 1 fully saturated rings. The second kappa shape index (κ2) is 8.01. The normalized spacial score (nSPS) is 13.4. The number of carbonyl (C=O) groups excluding carboxylic acids is 1. The number of amides is 1. The molecule has 1 saturated carbocycles.